The highest BCUT2D eigenvalue weighted by atomic mass is 16.5. The molecule has 0 heterocycles. The molecule has 2 aromatic rings. The van der Waals surface area contributed by atoms with Gasteiger partial charge in [-0.05, 0) is 11.1 Å². The molecule has 0 aliphatic carbocycles. The lowest BCUT2D eigenvalue weighted by Gasteiger charge is -2.10. The summed E-state index contributed by atoms with van der Waals surface area (Å²) in [6, 6.07) is 19.7. The zero-order chi connectivity index (χ0) is 18.5. The molecule has 0 amide bonds. The van der Waals surface area contributed by atoms with Crippen LogP contribution in [0.2, 0.25) is 0 Å². The molecular formula is C22H26O4. The van der Waals surface area contributed by atoms with Gasteiger partial charge < -0.3 is 19.7 Å². The zero-order valence-electron chi connectivity index (χ0n) is 14.8. The highest BCUT2D eigenvalue weighted by Crippen LogP contribution is 2.03. The molecule has 138 valence electrons. The summed E-state index contributed by atoms with van der Waals surface area (Å²) in [5.74, 6) is 0. The number of aliphatic hydroxyl groups is 2. The van der Waals surface area contributed by atoms with E-state index in [9.17, 15) is 10.2 Å². The van der Waals surface area contributed by atoms with Gasteiger partial charge in [-0.1, -0.05) is 85.0 Å². The van der Waals surface area contributed by atoms with Gasteiger partial charge >= 0.3 is 0 Å². The Morgan fingerprint density at radius 3 is 1.42 bits per heavy atom. The van der Waals surface area contributed by atoms with Gasteiger partial charge in [-0.25, -0.2) is 0 Å². The Morgan fingerprint density at radius 1 is 0.654 bits per heavy atom. The lowest BCUT2D eigenvalue weighted by molar-refractivity contribution is 0.0784. The molecule has 0 saturated carbocycles. The summed E-state index contributed by atoms with van der Waals surface area (Å²) in [5, 5.41) is 19.8. The first-order chi connectivity index (χ1) is 12.8. The number of rotatable bonds is 11. The van der Waals surface area contributed by atoms with Gasteiger partial charge in [0, 0.05) is 0 Å². The van der Waals surface area contributed by atoms with E-state index >= 15 is 0 Å². The topological polar surface area (TPSA) is 58.9 Å². The van der Waals surface area contributed by atoms with Gasteiger partial charge in [-0.15, -0.1) is 0 Å². The maximum Gasteiger partial charge on any atom is 0.102 e. The molecule has 0 unspecified atom stereocenters. The summed E-state index contributed by atoms with van der Waals surface area (Å²) in [7, 11) is 0. The SMILES string of the molecule is O[C@@H](/C=C/COCc1ccccc1)[C@@H](O)/C=C/COCc1ccccc1. The van der Waals surface area contributed by atoms with Gasteiger partial charge in [0.05, 0.1) is 26.4 Å². The quantitative estimate of drug-likeness (QED) is 0.480. The zero-order valence-corrected chi connectivity index (χ0v) is 14.8. The van der Waals surface area contributed by atoms with Crippen LogP contribution in [-0.4, -0.2) is 35.6 Å². The second-order valence-corrected chi connectivity index (χ2v) is 5.84. The normalized spacial score (nSPS) is 14.1. The molecule has 0 aliphatic rings. The summed E-state index contributed by atoms with van der Waals surface area (Å²) >= 11 is 0. The van der Waals surface area contributed by atoms with Crippen molar-refractivity contribution in [1.29, 1.82) is 0 Å². The van der Waals surface area contributed by atoms with Gasteiger partial charge in [0.1, 0.15) is 12.2 Å². The molecule has 0 saturated heterocycles. The van der Waals surface area contributed by atoms with Gasteiger partial charge in [-0.2, -0.15) is 0 Å². The van der Waals surface area contributed by atoms with Crippen LogP contribution in [0.5, 0.6) is 0 Å². The maximum atomic E-state index is 9.88. The first kappa shape index (κ1) is 20.1. The Hall–Kier alpha value is -2.24. The van der Waals surface area contributed by atoms with Crippen molar-refractivity contribution in [3.63, 3.8) is 0 Å². The Bertz CT molecular complexity index is 593. The molecule has 0 aliphatic heterocycles. The van der Waals surface area contributed by atoms with Gasteiger partial charge in [0.15, 0.2) is 0 Å². The summed E-state index contributed by atoms with van der Waals surface area (Å²) in [4.78, 5) is 0. The fraction of sp³-hybridized carbons (Fsp3) is 0.273. The number of ether oxygens (including phenoxy) is 2. The van der Waals surface area contributed by atoms with E-state index in [4.69, 9.17) is 9.47 Å². The third-order valence-corrected chi connectivity index (χ3v) is 3.67. The molecule has 0 radical (unpaired) electrons. The second kappa shape index (κ2) is 12.2. The standard InChI is InChI=1S/C22H26O4/c23-21(13-7-15-25-17-19-9-3-1-4-10-19)22(24)14-8-16-26-18-20-11-5-2-6-12-20/h1-14,21-24H,15-18H2/b13-7+,14-8+/t21-,22-/m0/s1. The molecule has 2 rings (SSSR count). The van der Waals surface area contributed by atoms with E-state index in [1.54, 1.807) is 12.2 Å². The third kappa shape index (κ3) is 8.23. The van der Waals surface area contributed by atoms with Crippen LogP contribution in [0.25, 0.3) is 0 Å². The van der Waals surface area contributed by atoms with E-state index in [1.165, 1.54) is 12.2 Å². The van der Waals surface area contributed by atoms with Gasteiger partial charge in [0.25, 0.3) is 0 Å². The van der Waals surface area contributed by atoms with Crippen LogP contribution < -0.4 is 0 Å². The molecular weight excluding hydrogens is 328 g/mol. The predicted molar refractivity (Wildman–Crippen MR) is 102 cm³/mol. The van der Waals surface area contributed by atoms with E-state index in [-0.39, 0.29) is 0 Å². The Morgan fingerprint density at radius 2 is 1.04 bits per heavy atom. The number of hydrogen-bond acceptors (Lipinski definition) is 4. The Kier molecular flexibility index (Phi) is 9.40. The van der Waals surface area contributed by atoms with E-state index in [2.05, 4.69) is 0 Å². The van der Waals surface area contributed by atoms with Crippen molar-refractivity contribution < 1.29 is 19.7 Å². The van der Waals surface area contributed by atoms with Crippen LogP contribution in [-0.2, 0) is 22.7 Å². The van der Waals surface area contributed by atoms with Crippen molar-refractivity contribution in [2.24, 2.45) is 0 Å². The third-order valence-electron chi connectivity index (χ3n) is 3.67. The van der Waals surface area contributed by atoms with Crippen molar-refractivity contribution in [3.05, 3.63) is 96.1 Å². The van der Waals surface area contributed by atoms with Crippen LogP contribution in [0.1, 0.15) is 11.1 Å². The predicted octanol–water partition coefficient (Wildman–Crippen LogP) is 3.25. The average molecular weight is 354 g/mol. The molecule has 26 heavy (non-hydrogen) atoms. The fourth-order valence-corrected chi connectivity index (χ4v) is 2.26. The van der Waals surface area contributed by atoms with E-state index < -0.39 is 12.2 Å². The number of benzene rings is 2. The molecule has 4 nitrogen and oxygen atoms in total. The maximum absolute atomic E-state index is 9.88. The molecule has 2 aromatic carbocycles. The van der Waals surface area contributed by atoms with Crippen LogP contribution in [0.4, 0.5) is 0 Å². The highest BCUT2D eigenvalue weighted by molar-refractivity contribution is 5.14. The van der Waals surface area contributed by atoms with E-state index in [0.29, 0.717) is 26.4 Å². The van der Waals surface area contributed by atoms with Crippen LogP contribution in [0, 0.1) is 0 Å². The Labute approximate surface area is 155 Å². The lowest BCUT2D eigenvalue weighted by atomic mass is 10.2. The summed E-state index contributed by atoms with van der Waals surface area (Å²) in [6.45, 7) is 1.79. The lowest BCUT2D eigenvalue weighted by Crippen LogP contribution is -2.21. The van der Waals surface area contributed by atoms with Crippen molar-refractivity contribution in [2.75, 3.05) is 13.2 Å². The summed E-state index contributed by atoms with van der Waals surface area (Å²) < 4.78 is 11.0. The minimum absolute atomic E-state index is 0.378. The Balaban J connectivity index is 1.58. The van der Waals surface area contributed by atoms with E-state index in [0.717, 1.165) is 11.1 Å². The van der Waals surface area contributed by atoms with Crippen LogP contribution in [0.15, 0.2) is 85.0 Å². The fourth-order valence-electron chi connectivity index (χ4n) is 2.26. The molecule has 4 heteroatoms. The molecule has 0 fully saturated rings. The monoisotopic (exact) mass is 354 g/mol. The largest absolute Gasteiger partial charge is 0.386 e. The molecule has 0 spiro atoms. The summed E-state index contributed by atoms with van der Waals surface area (Å²) in [6.07, 6.45) is 4.53. The molecule has 0 aromatic heterocycles. The number of aliphatic hydroxyl groups excluding tert-OH is 2. The van der Waals surface area contributed by atoms with Crippen molar-refractivity contribution in [2.45, 2.75) is 25.4 Å². The van der Waals surface area contributed by atoms with Gasteiger partial charge in [-0.3, -0.25) is 0 Å². The van der Waals surface area contributed by atoms with E-state index in [1.807, 2.05) is 60.7 Å². The minimum atomic E-state index is -0.972. The second-order valence-electron chi connectivity index (χ2n) is 5.84. The molecule has 2 N–H and O–H groups in total. The van der Waals surface area contributed by atoms with Gasteiger partial charge in [0.2, 0.25) is 0 Å². The average Bonchev–Trinajstić information content (AvgIpc) is 2.68. The first-order valence-corrected chi connectivity index (χ1v) is 8.68. The molecule has 2 atom stereocenters. The van der Waals surface area contributed by atoms with Crippen molar-refractivity contribution in [3.8, 4) is 0 Å². The highest BCUT2D eigenvalue weighted by Gasteiger charge is 2.08. The van der Waals surface area contributed by atoms with Crippen LogP contribution >= 0.6 is 0 Å². The molecule has 0 bridgehead atoms. The van der Waals surface area contributed by atoms with Crippen molar-refractivity contribution in [1.82, 2.24) is 0 Å². The van der Waals surface area contributed by atoms with Crippen molar-refractivity contribution >= 4 is 0 Å². The summed E-state index contributed by atoms with van der Waals surface area (Å²) in [5.41, 5.74) is 2.19. The van der Waals surface area contributed by atoms with Crippen LogP contribution in [0.3, 0.4) is 0 Å². The minimum Gasteiger partial charge on any atom is -0.386 e. The number of hydrogen-bond donors (Lipinski definition) is 2. The smallest absolute Gasteiger partial charge is 0.102 e. The first-order valence-electron chi connectivity index (χ1n) is 8.68.